The van der Waals surface area contributed by atoms with Crippen molar-refractivity contribution in [2.75, 3.05) is 18.5 Å². The number of benzene rings is 1. The van der Waals surface area contributed by atoms with Crippen LogP contribution in [-0.4, -0.2) is 19.1 Å². The SMILES string of the molecule is Cc1cc(=O)oc(C)c1C(=O)Nc1ccc2c(c1)OCCO2. The van der Waals surface area contributed by atoms with E-state index in [0.29, 0.717) is 47.3 Å². The van der Waals surface area contributed by atoms with Crippen LogP contribution < -0.4 is 20.4 Å². The molecule has 0 bridgehead atoms. The van der Waals surface area contributed by atoms with Gasteiger partial charge in [-0.2, -0.15) is 0 Å². The lowest BCUT2D eigenvalue weighted by atomic mass is 10.1. The Morgan fingerprint density at radius 1 is 1.09 bits per heavy atom. The average Bonchev–Trinajstić information content (AvgIpc) is 2.46. The van der Waals surface area contributed by atoms with E-state index in [-0.39, 0.29) is 5.91 Å². The standard InChI is InChI=1S/C16H15NO5/c1-9-7-14(18)22-10(2)15(9)16(19)17-11-3-4-12-13(8-11)21-6-5-20-12/h3-4,7-8H,5-6H2,1-2H3,(H,17,19). The summed E-state index contributed by atoms with van der Waals surface area (Å²) in [5, 5.41) is 2.77. The van der Waals surface area contributed by atoms with Crippen LogP contribution in [0.15, 0.2) is 33.5 Å². The van der Waals surface area contributed by atoms with Gasteiger partial charge in [-0.25, -0.2) is 4.79 Å². The lowest BCUT2D eigenvalue weighted by Crippen LogP contribution is -2.18. The number of rotatable bonds is 2. The van der Waals surface area contributed by atoms with Crippen LogP contribution >= 0.6 is 0 Å². The van der Waals surface area contributed by atoms with Crippen molar-refractivity contribution >= 4 is 11.6 Å². The molecular formula is C16H15NO5. The zero-order valence-corrected chi connectivity index (χ0v) is 12.3. The van der Waals surface area contributed by atoms with Crippen LogP contribution in [0.1, 0.15) is 21.7 Å². The summed E-state index contributed by atoms with van der Waals surface area (Å²) in [6.07, 6.45) is 0. The molecule has 0 radical (unpaired) electrons. The number of amides is 1. The van der Waals surface area contributed by atoms with E-state index < -0.39 is 5.63 Å². The second-order valence-electron chi connectivity index (χ2n) is 4.99. The highest BCUT2D eigenvalue weighted by Gasteiger charge is 2.17. The molecule has 0 spiro atoms. The molecule has 1 amide bonds. The highest BCUT2D eigenvalue weighted by atomic mass is 16.6. The summed E-state index contributed by atoms with van der Waals surface area (Å²) < 4.78 is 15.9. The smallest absolute Gasteiger partial charge is 0.336 e. The molecule has 6 heteroatoms. The molecule has 1 aromatic carbocycles. The molecule has 1 aliphatic heterocycles. The van der Waals surface area contributed by atoms with Crippen molar-refractivity contribution in [3.8, 4) is 11.5 Å². The first-order valence-corrected chi connectivity index (χ1v) is 6.87. The second kappa shape index (κ2) is 5.55. The predicted molar refractivity (Wildman–Crippen MR) is 79.8 cm³/mol. The summed E-state index contributed by atoms with van der Waals surface area (Å²) in [4.78, 5) is 23.7. The molecule has 114 valence electrons. The van der Waals surface area contributed by atoms with Gasteiger partial charge in [0.2, 0.25) is 0 Å². The zero-order chi connectivity index (χ0) is 15.7. The van der Waals surface area contributed by atoms with Gasteiger partial charge in [0.15, 0.2) is 11.5 Å². The van der Waals surface area contributed by atoms with Gasteiger partial charge in [-0.1, -0.05) is 0 Å². The molecule has 0 saturated heterocycles. The van der Waals surface area contributed by atoms with Gasteiger partial charge in [0.1, 0.15) is 19.0 Å². The number of aryl methyl sites for hydroxylation is 2. The van der Waals surface area contributed by atoms with E-state index in [2.05, 4.69) is 5.32 Å². The molecule has 3 rings (SSSR count). The summed E-state index contributed by atoms with van der Waals surface area (Å²) in [7, 11) is 0. The lowest BCUT2D eigenvalue weighted by Gasteiger charge is -2.19. The molecule has 2 heterocycles. The van der Waals surface area contributed by atoms with Crippen LogP contribution in [0.2, 0.25) is 0 Å². The van der Waals surface area contributed by atoms with E-state index in [1.54, 1.807) is 32.0 Å². The van der Waals surface area contributed by atoms with Crippen molar-refractivity contribution < 1.29 is 18.7 Å². The number of fused-ring (bicyclic) bond motifs is 1. The topological polar surface area (TPSA) is 77.8 Å². The minimum Gasteiger partial charge on any atom is -0.486 e. The fraction of sp³-hybridized carbons (Fsp3) is 0.250. The Balaban J connectivity index is 1.87. The first-order chi connectivity index (χ1) is 10.5. The Morgan fingerprint density at radius 2 is 1.82 bits per heavy atom. The number of hydrogen-bond donors (Lipinski definition) is 1. The lowest BCUT2D eigenvalue weighted by molar-refractivity contribution is 0.102. The summed E-state index contributed by atoms with van der Waals surface area (Å²) >= 11 is 0. The molecule has 0 aliphatic carbocycles. The minimum atomic E-state index is -0.467. The van der Waals surface area contributed by atoms with Crippen LogP contribution in [0.4, 0.5) is 5.69 Å². The number of carbonyl (C=O) groups is 1. The highest BCUT2D eigenvalue weighted by molar-refractivity contribution is 6.05. The monoisotopic (exact) mass is 301 g/mol. The van der Waals surface area contributed by atoms with Gasteiger partial charge in [-0.15, -0.1) is 0 Å². The first kappa shape index (κ1) is 14.2. The van der Waals surface area contributed by atoms with Gasteiger partial charge in [0.05, 0.1) is 5.56 Å². The Kier molecular flexibility index (Phi) is 3.58. The maximum Gasteiger partial charge on any atom is 0.336 e. The van der Waals surface area contributed by atoms with Crippen molar-refractivity contribution in [2.24, 2.45) is 0 Å². The van der Waals surface area contributed by atoms with Gasteiger partial charge < -0.3 is 19.2 Å². The van der Waals surface area contributed by atoms with Gasteiger partial charge in [-0.05, 0) is 31.5 Å². The Hall–Kier alpha value is -2.76. The fourth-order valence-electron chi connectivity index (χ4n) is 2.41. The van der Waals surface area contributed by atoms with E-state index in [0.717, 1.165) is 0 Å². The number of nitrogens with one attached hydrogen (secondary N) is 1. The normalized spacial score (nSPS) is 12.8. The summed E-state index contributed by atoms with van der Waals surface area (Å²) in [6, 6.07) is 6.48. The predicted octanol–water partition coefficient (Wildman–Crippen LogP) is 2.28. The van der Waals surface area contributed by atoms with Gasteiger partial charge in [0.25, 0.3) is 5.91 Å². The molecule has 2 aromatic rings. The van der Waals surface area contributed by atoms with Gasteiger partial charge in [-0.3, -0.25) is 4.79 Å². The summed E-state index contributed by atoms with van der Waals surface area (Å²) in [5.41, 5.74) is 1.04. The maximum atomic E-state index is 12.4. The third-order valence-corrected chi connectivity index (χ3v) is 3.36. The van der Waals surface area contributed by atoms with E-state index in [1.165, 1.54) is 6.07 Å². The van der Waals surface area contributed by atoms with Crippen molar-refractivity contribution in [3.63, 3.8) is 0 Å². The van der Waals surface area contributed by atoms with E-state index >= 15 is 0 Å². The van der Waals surface area contributed by atoms with Gasteiger partial charge in [0, 0.05) is 17.8 Å². The van der Waals surface area contributed by atoms with E-state index in [1.807, 2.05) is 0 Å². The molecule has 0 atom stereocenters. The molecule has 0 fully saturated rings. The van der Waals surface area contributed by atoms with E-state index in [9.17, 15) is 9.59 Å². The minimum absolute atomic E-state index is 0.292. The molecule has 1 N–H and O–H groups in total. The van der Waals surface area contributed by atoms with Crippen LogP contribution in [0.25, 0.3) is 0 Å². The van der Waals surface area contributed by atoms with Crippen LogP contribution in [0.5, 0.6) is 11.5 Å². The largest absolute Gasteiger partial charge is 0.486 e. The quantitative estimate of drug-likeness (QED) is 0.920. The van der Waals surface area contributed by atoms with Crippen LogP contribution in [-0.2, 0) is 0 Å². The number of carbonyl (C=O) groups excluding carboxylic acids is 1. The van der Waals surface area contributed by atoms with Crippen LogP contribution in [0.3, 0.4) is 0 Å². The van der Waals surface area contributed by atoms with Crippen molar-refractivity contribution in [3.05, 3.63) is 51.6 Å². The van der Waals surface area contributed by atoms with Crippen molar-refractivity contribution in [2.45, 2.75) is 13.8 Å². The molecule has 6 nitrogen and oxygen atoms in total. The number of ether oxygens (including phenoxy) is 2. The molecular weight excluding hydrogens is 286 g/mol. The Morgan fingerprint density at radius 3 is 2.55 bits per heavy atom. The Labute approximate surface area is 126 Å². The third kappa shape index (κ3) is 2.67. The van der Waals surface area contributed by atoms with E-state index in [4.69, 9.17) is 13.9 Å². The molecule has 0 unspecified atom stereocenters. The first-order valence-electron chi connectivity index (χ1n) is 6.87. The molecule has 1 aromatic heterocycles. The van der Waals surface area contributed by atoms with Crippen molar-refractivity contribution in [1.82, 2.24) is 0 Å². The third-order valence-electron chi connectivity index (χ3n) is 3.36. The van der Waals surface area contributed by atoms with Crippen LogP contribution in [0, 0.1) is 13.8 Å². The summed E-state index contributed by atoms with van der Waals surface area (Å²) in [6.45, 7) is 4.28. The summed E-state index contributed by atoms with van der Waals surface area (Å²) in [5.74, 6) is 1.20. The Bertz CT molecular complexity index is 767. The second-order valence-corrected chi connectivity index (χ2v) is 4.99. The molecule has 22 heavy (non-hydrogen) atoms. The maximum absolute atomic E-state index is 12.4. The zero-order valence-electron chi connectivity index (χ0n) is 12.3. The highest BCUT2D eigenvalue weighted by Crippen LogP contribution is 2.32. The van der Waals surface area contributed by atoms with Crippen molar-refractivity contribution in [1.29, 1.82) is 0 Å². The average molecular weight is 301 g/mol. The fourth-order valence-corrected chi connectivity index (χ4v) is 2.41. The number of hydrogen-bond acceptors (Lipinski definition) is 5. The molecule has 0 saturated carbocycles. The van der Waals surface area contributed by atoms with Gasteiger partial charge >= 0.3 is 5.63 Å². The molecule has 1 aliphatic rings. The number of anilines is 1.